The predicted molar refractivity (Wildman–Crippen MR) is 61.8 cm³/mol. The van der Waals surface area contributed by atoms with E-state index in [0.717, 1.165) is 24.5 Å². The molecule has 0 bridgehead atoms. The van der Waals surface area contributed by atoms with E-state index in [-0.39, 0.29) is 5.97 Å². The standard InChI is InChI=1S/C12H14N2O2/c1-2-16-12(15)10-5-3-9(4-6-10)11-13-7-8-14-11/h3-6H,2,7-8H2,1H3,(H,13,14). The Kier molecular flexibility index (Phi) is 3.19. The molecule has 0 amide bonds. The van der Waals surface area contributed by atoms with Crippen LogP contribution in [0, 0.1) is 0 Å². The van der Waals surface area contributed by atoms with Crippen molar-refractivity contribution in [1.29, 1.82) is 0 Å². The molecule has 0 aliphatic carbocycles. The Morgan fingerprint density at radius 3 is 2.75 bits per heavy atom. The van der Waals surface area contributed by atoms with Crippen molar-refractivity contribution in [3.63, 3.8) is 0 Å². The number of nitrogens with one attached hydrogen (secondary N) is 1. The molecule has 4 nitrogen and oxygen atoms in total. The third kappa shape index (κ3) is 2.21. The highest BCUT2D eigenvalue weighted by Crippen LogP contribution is 2.07. The predicted octanol–water partition coefficient (Wildman–Crippen LogP) is 1.21. The van der Waals surface area contributed by atoms with Crippen molar-refractivity contribution >= 4 is 11.8 Å². The van der Waals surface area contributed by atoms with Gasteiger partial charge in [-0.25, -0.2) is 4.79 Å². The molecule has 16 heavy (non-hydrogen) atoms. The number of nitrogens with zero attached hydrogens (tertiary/aromatic N) is 1. The van der Waals surface area contributed by atoms with E-state index in [1.165, 1.54) is 0 Å². The molecule has 1 aliphatic rings. The fourth-order valence-electron chi connectivity index (χ4n) is 1.57. The number of esters is 1. The number of benzene rings is 1. The molecule has 0 spiro atoms. The second-order valence-corrected chi connectivity index (χ2v) is 3.45. The van der Waals surface area contributed by atoms with Crippen LogP contribution in [0.25, 0.3) is 0 Å². The maximum absolute atomic E-state index is 11.4. The van der Waals surface area contributed by atoms with Crippen molar-refractivity contribution in [2.24, 2.45) is 4.99 Å². The maximum Gasteiger partial charge on any atom is 0.338 e. The Morgan fingerprint density at radius 1 is 1.44 bits per heavy atom. The zero-order chi connectivity index (χ0) is 11.4. The van der Waals surface area contributed by atoms with Crippen LogP contribution < -0.4 is 5.32 Å². The molecule has 1 aromatic carbocycles. The Labute approximate surface area is 94.3 Å². The van der Waals surface area contributed by atoms with Gasteiger partial charge in [0.2, 0.25) is 0 Å². The van der Waals surface area contributed by atoms with Crippen LogP contribution >= 0.6 is 0 Å². The van der Waals surface area contributed by atoms with Crippen LogP contribution in [0.1, 0.15) is 22.8 Å². The average molecular weight is 218 g/mol. The van der Waals surface area contributed by atoms with E-state index in [4.69, 9.17) is 4.74 Å². The first-order chi connectivity index (χ1) is 7.81. The molecule has 0 radical (unpaired) electrons. The van der Waals surface area contributed by atoms with E-state index in [1.54, 1.807) is 19.1 Å². The van der Waals surface area contributed by atoms with Gasteiger partial charge in [0.1, 0.15) is 5.84 Å². The summed E-state index contributed by atoms with van der Waals surface area (Å²) in [5.41, 5.74) is 1.58. The van der Waals surface area contributed by atoms with Gasteiger partial charge in [-0.1, -0.05) is 12.1 Å². The van der Waals surface area contributed by atoms with Crippen molar-refractivity contribution < 1.29 is 9.53 Å². The zero-order valence-corrected chi connectivity index (χ0v) is 9.19. The molecule has 0 fully saturated rings. The first-order valence-corrected chi connectivity index (χ1v) is 5.37. The van der Waals surface area contributed by atoms with Crippen molar-refractivity contribution in [2.75, 3.05) is 19.7 Å². The smallest absolute Gasteiger partial charge is 0.338 e. The Hall–Kier alpha value is -1.84. The summed E-state index contributed by atoms with van der Waals surface area (Å²) in [6.45, 7) is 3.89. The minimum Gasteiger partial charge on any atom is -0.462 e. The van der Waals surface area contributed by atoms with Gasteiger partial charge in [0, 0.05) is 12.1 Å². The topological polar surface area (TPSA) is 50.7 Å². The maximum atomic E-state index is 11.4. The van der Waals surface area contributed by atoms with Gasteiger partial charge in [-0.2, -0.15) is 0 Å². The van der Waals surface area contributed by atoms with Crippen molar-refractivity contribution in [1.82, 2.24) is 5.32 Å². The van der Waals surface area contributed by atoms with Gasteiger partial charge in [-0.3, -0.25) is 4.99 Å². The van der Waals surface area contributed by atoms with Gasteiger partial charge >= 0.3 is 5.97 Å². The summed E-state index contributed by atoms with van der Waals surface area (Å²) in [5, 5.41) is 3.18. The van der Waals surface area contributed by atoms with Gasteiger partial charge < -0.3 is 10.1 Å². The third-order valence-electron chi connectivity index (χ3n) is 2.34. The highest BCUT2D eigenvalue weighted by atomic mass is 16.5. The SMILES string of the molecule is CCOC(=O)c1ccc(C2=NCCN2)cc1. The summed E-state index contributed by atoms with van der Waals surface area (Å²) >= 11 is 0. The molecule has 0 saturated heterocycles. The number of hydrogen-bond donors (Lipinski definition) is 1. The number of rotatable bonds is 3. The second kappa shape index (κ2) is 4.79. The summed E-state index contributed by atoms with van der Waals surface area (Å²) < 4.78 is 4.91. The van der Waals surface area contributed by atoms with E-state index in [1.807, 2.05) is 12.1 Å². The minimum atomic E-state index is -0.282. The molecule has 1 aromatic rings. The second-order valence-electron chi connectivity index (χ2n) is 3.45. The van der Waals surface area contributed by atoms with Crippen molar-refractivity contribution in [3.05, 3.63) is 35.4 Å². The van der Waals surface area contributed by atoms with Crippen LogP contribution in [0.15, 0.2) is 29.3 Å². The summed E-state index contributed by atoms with van der Waals surface area (Å²) in [7, 11) is 0. The number of amidine groups is 1. The van der Waals surface area contributed by atoms with E-state index in [0.29, 0.717) is 12.2 Å². The fraction of sp³-hybridized carbons (Fsp3) is 0.333. The molecular weight excluding hydrogens is 204 g/mol. The van der Waals surface area contributed by atoms with Crippen LogP contribution in [-0.2, 0) is 4.74 Å². The van der Waals surface area contributed by atoms with Crippen molar-refractivity contribution in [2.45, 2.75) is 6.92 Å². The summed E-state index contributed by atoms with van der Waals surface area (Å²) in [6, 6.07) is 7.28. The highest BCUT2D eigenvalue weighted by Gasteiger charge is 2.10. The number of ether oxygens (including phenoxy) is 1. The van der Waals surface area contributed by atoms with Crippen LogP contribution in [0.5, 0.6) is 0 Å². The molecule has 2 rings (SSSR count). The van der Waals surface area contributed by atoms with Crippen LogP contribution in [0.4, 0.5) is 0 Å². The first kappa shape index (κ1) is 10.7. The summed E-state index contributed by atoms with van der Waals surface area (Å²) in [4.78, 5) is 15.7. The van der Waals surface area contributed by atoms with E-state index in [2.05, 4.69) is 10.3 Å². The molecule has 0 saturated carbocycles. The van der Waals surface area contributed by atoms with Crippen LogP contribution in [0.2, 0.25) is 0 Å². The summed E-state index contributed by atoms with van der Waals surface area (Å²) in [5.74, 6) is 0.616. The fourth-order valence-corrected chi connectivity index (χ4v) is 1.57. The third-order valence-corrected chi connectivity index (χ3v) is 2.34. The number of aliphatic imine (C=N–C) groups is 1. The van der Waals surface area contributed by atoms with Crippen molar-refractivity contribution in [3.8, 4) is 0 Å². The molecule has 0 unspecified atom stereocenters. The Bertz CT molecular complexity index is 410. The summed E-state index contributed by atoms with van der Waals surface area (Å²) in [6.07, 6.45) is 0. The van der Waals surface area contributed by atoms with Gasteiger partial charge in [0.25, 0.3) is 0 Å². The van der Waals surface area contributed by atoms with Gasteiger partial charge in [0.15, 0.2) is 0 Å². The molecule has 1 heterocycles. The molecule has 1 aliphatic heterocycles. The minimum absolute atomic E-state index is 0.282. The van der Waals surface area contributed by atoms with E-state index in [9.17, 15) is 4.79 Å². The first-order valence-electron chi connectivity index (χ1n) is 5.37. The van der Waals surface area contributed by atoms with Gasteiger partial charge in [-0.05, 0) is 19.1 Å². The van der Waals surface area contributed by atoms with Gasteiger partial charge in [0.05, 0.1) is 18.7 Å². The molecule has 0 atom stereocenters. The Morgan fingerprint density at radius 2 is 2.19 bits per heavy atom. The average Bonchev–Trinajstić information content (AvgIpc) is 2.83. The highest BCUT2D eigenvalue weighted by molar-refractivity contribution is 6.00. The molecule has 84 valence electrons. The quantitative estimate of drug-likeness (QED) is 0.776. The molecule has 4 heteroatoms. The Balaban J connectivity index is 2.13. The lowest BCUT2D eigenvalue weighted by Crippen LogP contribution is -2.19. The molecule has 0 aromatic heterocycles. The van der Waals surface area contributed by atoms with Crippen LogP contribution in [0.3, 0.4) is 0 Å². The lowest BCUT2D eigenvalue weighted by molar-refractivity contribution is 0.0526. The molecule has 1 N–H and O–H groups in total. The lowest BCUT2D eigenvalue weighted by Gasteiger charge is -2.04. The lowest BCUT2D eigenvalue weighted by atomic mass is 10.1. The molecular formula is C12H14N2O2. The zero-order valence-electron chi connectivity index (χ0n) is 9.19. The largest absolute Gasteiger partial charge is 0.462 e. The number of hydrogen-bond acceptors (Lipinski definition) is 4. The number of carbonyl (C=O) groups excluding carboxylic acids is 1. The van der Waals surface area contributed by atoms with E-state index < -0.39 is 0 Å². The van der Waals surface area contributed by atoms with Crippen LogP contribution in [-0.4, -0.2) is 31.5 Å². The monoisotopic (exact) mass is 218 g/mol. The number of carbonyl (C=O) groups is 1. The van der Waals surface area contributed by atoms with Gasteiger partial charge in [-0.15, -0.1) is 0 Å². The van der Waals surface area contributed by atoms with E-state index >= 15 is 0 Å². The normalized spacial score (nSPS) is 14.2.